The number of hydrogen-bond donors (Lipinski definition) is 0. The van der Waals surface area contributed by atoms with Crippen LogP contribution < -0.4 is 9.47 Å². The van der Waals surface area contributed by atoms with Crippen LogP contribution in [0.25, 0.3) is 10.9 Å². The second kappa shape index (κ2) is 4.44. The average molecular weight is 246 g/mol. The number of rotatable bonds is 2. The van der Waals surface area contributed by atoms with Crippen LogP contribution in [0.3, 0.4) is 0 Å². The van der Waals surface area contributed by atoms with Crippen molar-refractivity contribution in [1.82, 2.24) is 9.97 Å². The molecule has 0 amide bonds. The number of fused-ring (bicyclic) bond motifs is 1. The molecule has 0 atom stereocenters. The molecular formula is C14H18N2O2. The lowest BCUT2D eigenvalue weighted by molar-refractivity contribution is 0.397. The zero-order valence-corrected chi connectivity index (χ0v) is 11.4. The smallest absolute Gasteiger partial charge is 0.148 e. The zero-order chi connectivity index (χ0) is 13.3. The summed E-state index contributed by atoms with van der Waals surface area (Å²) in [6.45, 7) is 6.38. The van der Waals surface area contributed by atoms with Gasteiger partial charge in [0, 0.05) is 16.9 Å². The van der Waals surface area contributed by atoms with Crippen molar-refractivity contribution < 1.29 is 9.47 Å². The van der Waals surface area contributed by atoms with Gasteiger partial charge in [-0.2, -0.15) is 0 Å². The maximum Gasteiger partial charge on any atom is 0.148 e. The Morgan fingerprint density at radius 1 is 1.00 bits per heavy atom. The van der Waals surface area contributed by atoms with Crippen LogP contribution in [0.2, 0.25) is 0 Å². The standard InChI is InChI=1S/C14H18N2O2/c1-14(2,3)13-10-6-9(17-4)7-11(18-5)12(10)15-8-16-13/h6-8H,1-5H3. The van der Waals surface area contributed by atoms with Crippen molar-refractivity contribution in [2.45, 2.75) is 26.2 Å². The Balaban J connectivity index is 2.83. The first kappa shape index (κ1) is 12.6. The molecule has 0 aliphatic heterocycles. The van der Waals surface area contributed by atoms with E-state index >= 15 is 0 Å². The molecule has 0 radical (unpaired) electrons. The summed E-state index contributed by atoms with van der Waals surface area (Å²) in [6, 6.07) is 3.79. The number of nitrogens with zero attached hydrogens (tertiary/aromatic N) is 2. The summed E-state index contributed by atoms with van der Waals surface area (Å²) in [5, 5.41) is 0.973. The summed E-state index contributed by atoms with van der Waals surface area (Å²) in [6.07, 6.45) is 1.58. The van der Waals surface area contributed by atoms with E-state index < -0.39 is 0 Å². The molecule has 1 heterocycles. The molecule has 0 fully saturated rings. The number of hydrogen-bond acceptors (Lipinski definition) is 4. The highest BCUT2D eigenvalue weighted by Gasteiger charge is 2.21. The third kappa shape index (κ3) is 2.10. The van der Waals surface area contributed by atoms with Crippen LogP contribution in [0.5, 0.6) is 11.5 Å². The molecule has 2 rings (SSSR count). The Morgan fingerprint density at radius 3 is 2.28 bits per heavy atom. The lowest BCUT2D eigenvalue weighted by Gasteiger charge is -2.20. The molecule has 4 heteroatoms. The van der Waals surface area contributed by atoms with Gasteiger partial charge in [0.1, 0.15) is 23.3 Å². The highest BCUT2D eigenvalue weighted by molar-refractivity contribution is 5.88. The minimum atomic E-state index is -0.0570. The summed E-state index contributed by atoms with van der Waals surface area (Å²) in [5.74, 6) is 1.46. The second-order valence-corrected chi connectivity index (χ2v) is 5.20. The van der Waals surface area contributed by atoms with Gasteiger partial charge in [0.2, 0.25) is 0 Å². The summed E-state index contributed by atoms with van der Waals surface area (Å²) in [7, 11) is 3.27. The van der Waals surface area contributed by atoms with E-state index in [0.29, 0.717) is 5.75 Å². The molecule has 0 saturated carbocycles. The van der Waals surface area contributed by atoms with Crippen molar-refractivity contribution in [1.29, 1.82) is 0 Å². The molecule has 1 aromatic heterocycles. The van der Waals surface area contributed by atoms with E-state index in [1.54, 1.807) is 20.5 Å². The number of methoxy groups -OCH3 is 2. The van der Waals surface area contributed by atoms with Crippen molar-refractivity contribution in [2.75, 3.05) is 14.2 Å². The molecule has 18 heavy (non-hydrogen) atoms. The summed E-state index contributed by atoms with van der Waals surface area (Å²) < 4.78 is 10.7. The SMILES string of the molecule is COc1cc(OC)c2ncnc(C(C)(C)C)c2c1. The van der Waals surface area contributed by atoms with E-state index in [2.05, 4.69) is 30.7 Å². The van der Waals surface area contributed by atoms with Crippen LogP contribution in [0, 0.1) is 0 Å². The molecule has 1 aromatic carbocycles. The van der Waals surface area contributed by atoms with Crippen molar-refractivity contribution in [3.8, 4) is 11.5 Å². The van der Waals surface area contributed by atoms with Crippen LogP contribution in [0.4, 0.5) is 0 Å². The second-order valence-electron chi connectivity index (χ2n) is 5.20. The minimum Gasteiger partial charge on any atom is -0.497 e. The quantitative estimate of drug-likeness (QED) is 0.817. The fraction of sp³-hybridized carbons (Fsp3) is 0.429. The Labute approximate surface area is 107 Å². The molecule has 0 aliphatic rings. The van der Waals surface area contributed by atoms with E-state index in [1.165, 1.54) is 0 Å². The van der Waals surface area contributed by atoms with Gasteiger partial charge in [-0.25, -0.2) is 9.97 Å². The molecule has 0 N–H and O–H groups in total. The van der Waals surface area contributed by atoms with Crippen molar-refractivity contribution in [3.63, 3.8) is 0 Å². The van der Waals surface area contributed by atoms with Crippen molar-refractivity contribution in [3.05, 3.63) is 24.2 Å². The van der Waals surface area contributed by atoms with Gasteiger partial charge in [-0.15, -0.1) is 0 Å². The van der Waals surface area contributed by atoms with Crippen LogP contribution in [-0.4, -0.2) is 24.2 Å². The van der Waals surface area contributed by atoms with Gasteiger partial charge in [0.25, 0.3) is 0 Å². The molecular weight excluding hydrogens is 228 g/mol. The maximum absolute atomic E-state index is 5.37. The van der Waals surface area contributed by atoms with Crippen LogP contribution in [0.1, 0.15) is 26.5 Å². The lowest BCUT2D eigenvalue weighted by Crippen LogP contribution is -2.14. The summed E-state index contributed by atoms with van der Waals surface area (Å²) in [5.41, 5.74) is 1.75. The van der Waals surface area contributed by atoms with Gasteiger partial charge >= 0.3 is 0 Å². The molecule has 96 valence electrons. The minimum absolute atomic E-state index is 0.0570. The first-order chi connectivity index (χ1) is 8.47. The zero-order valence-electron chi connectivity index (χ0n) is 11.4. The van der Waals surface area contributed by atoms with Crippen molar-refractivity contribution in [2.24, 2.45) is 0 Å². The van der Waals surface area contributed by atoms with Gasteiger partial charge in [-0.3, -0.25) is 0 Å². The first-order valence-corrected chi connectivity index (χ1v) is 5.84. The lowest BCUT2D eigenvalue weighted by atomic mass is 9.89. The highest BCUT2D eigenvalue weighted by atomic mass is 16.5. The predicted octanol–water partition coefficient (Wildman–Crippen LogP) is 2.94. The number of benzene rings is 1. The molecule has 0 saturated heterocycles. The Bertz CT molecular complexity index is 574. The fourth-order valence-electron chi connectivity index (χ4n) is 1.98. The average Bonchev–Trinajstić information content (AvgIpc) is 2.35. The first-order valence-electron chi connectivity index (χ1n) is 5.84. The largest absolute Gasteiger partial charge is 0.497 e. The fourth-order valence-corrected chi connectivity index (χ4v) is 1.98. The van der Waals surface area contributed by atoms with Gasteiger partial charge < -0.3 is 9.47 Å². The topological polar surface area (TPSA) is 44.2 Å². The number of aromatic nitrogens is 2. The van der Waals surface area contributed by atoms with Gasteiger partial charge in [0.15, 0.2) is 0 Å². The molecule has 0 bridgehead atoms. The van der Waals surface area contributed by atoms with Crippen molar-refractivity contribution >= 4 is 10.9 Å². The van der Waals surface area contributed by atoms with E-state index in [4.69, 9.17) is 9.47 Å². The molecule has 0 unspecified atom stereocenters. The van der Waals surface area contributed by atoms with E-state index in [9.17, 15) is 0 Å². The van der Waals surface area contributed by atoms with Crippen LogP contribution >= 0.6 is 0 Å². The highest BCUT2D eigenvalue weighted by Crippen LogP contribution is 2.34. The predicted molar refractivity (Wildman–Crippen MR) is 71.3 cm³/mol. The summed E-state index contributed by atoms with van der Waals surface area (Å²) >= 11 is 0. The molecule has 2 aromatic rings. The van der Waals surface area contributed by atoms with E-state index in [0.717, 1.165) is 22.3 Å². The molecule has 0 aliphatic carbocycles. The van der Waals surface area contributed by atoms with E-state index in [1.807, 2.05) is 12.1 Å². The van der Waals surface area contributed by atoms with E-state index in [-0.39, 0.29) is 5.41 Å². The third-order valence-corrected chi connectivity index (χ3v) is 2.84. The Hall–Kier alpha value is -1.84. The normalized spacial score (nSPS) is 11.6. The Morgan fingerprint density at radius 2 is 1.72 bits per heavy atom. The van der Waals surface area contributed by atoms with Gasteiger partial charge in [-0.05, 0) is 6.07 Å². The third-order valence-electron chi connectivity index (χ3n) is 2.84. The molecule has 0 spiro atoms. The van der Waals surface area contributed by atoms with Crippen LogP contribution in [-0.2, 0) is 5.41 Å². The molecule has 4 nitrogen and oxygen atoms in total. The van der Waals surface area contributed by atoms with Crippen LogP contribution in [0.15, 0.2) is 18.5 Å². The monoisotopic (exact) mass is 246 g/mol. The number of ether oxygens (including phenoxy) is 2. The maximum atomic E-state index is 5.37. The van der Waals surface area contributed by atoms with Gasteiger partial charge in [0.05, 0.1) is 19.9 Å². The Kier molecular flexibility index (Phi) is 3.11. The summed E-state index contributed by atoms with van der Waals surface area (Å²) in [4.78, 5) is 8.72. The van der Waals surface area contributed by atoms with Gasteiger partial charge in [-0.1, -0.05) is 20.8 Å².